The molecule has 0 heterocycles. The summed E-state index contributed by atoms with van der Waals surface area (Å²) in [6.07, 6.45) is 1.08. The van der Waals surface area contributed by atoms with Crippen molar-refractivity contribution in [3.8, 4) is 0 Å². The summed E-state index contributed by atoms with van der Waals surface area (Å²) in [4.78, 5) is 27.8. The fourth-order valence-corrected chi connectivity index (χ4v) is 4.63. The smallest absolute Gasteiger partial charge is 0.244 e. The van der Waals surface area contributed by atoms with Crippen LogP contribution in [0.5, 0.6) is 0 Å². The molecule has 2 rings (SSSR count). The summed E-state index contributed by atoms with van der Waals surface area (Å²) >= 11 is 3.40. The Balaban J connectivity index is 2.39. The standard InChI is InChI=1S/C25H34BrN3O4S/c1-17(2)14-27-25(31)20(5)28(15-21-7-9-22(26)10-8-21)24(30)16-29(34(6,32)33)23-12-18(3)11-19(4)13-23/h7-13,17,20H,14-16H2,1-6H3,(H,27,31). The highest BCUT2D eigenvalue weighted by Gasteiger charge is 2.30. The molecular weight excluding hydrogens is 518 g/mol. The number of amides is 2. The molecule has 186 valence electrons. The Labute approximate surface area is 211 Å². The molecule has 0 aliphatic rings. The molecular formula is C25H34BrN3O4S. The minimum Gasteiger partial charge on any atom is -0.354 e. The van der Waals surface area contributed by atoms with Gasteiger partial charge in [0.25, 0.3) is 0 Å². The van der Waals surface area contributed by atoms with E-state index in [2.05, 4.69) is 21.2 Å². The first-order chi connectivity index (χ1) is 15.8. The monoisotopic (exact) mass is 551 g/mol. The maximum absolute atomic E-state index is 13.5. The summed E-state index contributed by atoms with van der Waals surface area (Å²) in [7, 11) is -3.75. The van der Waals surface area contributed by atoms with Crippen LogP contribution in [0.4, 0.5) is 5.69 Å². The van der Waals surface area contributed by atoms with E-state index in [0.717, 1.165) is 31.7 Å². The lowest BCUT2D eigenvalue weighted by Gasteiger charge is -2.31. The number of carbonyl (C=O) groups excluding carboxylic acids is 2. The quantitative estimate of drug-likeness (QED) is 0.483. The number of sulfonamides is 1. The maximum Gasteiger partial charge on any atom is 0.244 e. The molecule has 7 nitrogen and oxygen atoms in total. The summed E-state index contributed by atoms with van der Waals surface area (Å²) in [5.41, 5.74) is 3.04. The fraction of sp³-hybridized carbons (Fsp3) is 0.440. The Kier molecular flexibility index (Phi) is 9.70. The third-order valence-electron chi connectivity index (χ3n) is 5.29. The van der Waals surface area contributed by atoms with Gasteiger partial charge < -0.3 is 10.2 Å². The SMILES string of the molecule is Cc1cc(C)cc(N(CC(=O)N(Cc2ccc(Br)cc2)C(C)C(=O)NCC(C)C)S(C)(=O)=O)c1. The van der Waals surface area contributed by atoms with Crippen LogP contribution < -0.4 is 9.62 Å². The number of nitrogens with one attached hydrogen (secondary N) is 1. The van der Waals surface area contributed by atoms with Crippen molar-refractivity contribution in [2.45, 2.75) is 47.2 Å². The van der Waals surface area contributed by atoms with Crippen molar-refractivity contribution < 1.29 is 18.0 Å². The van der Waals surface area contributed by atoms with E-state index in [1.54, 1.807) is 19.1 Å². The summed E-state index contributed by atoms with van der Waals surface area (Å²) < 4.78 is 27.3. The number of anilines is 1. The first-order valence-electron chi connectivity index (χ1n) is 11.2. The van der Waals surface area contributed by atoms with E-state index in [1.165, 1.54) is 4.90 Å². The van der Waals surface area contributed by atoms with E-state index in [4.69, 9.17) is 0 Å². The van der Waals surface area contributed by atoms with Crippen LogP contribution in [-0.4, -0.2) is 50.5 Å². The molecule has 34 heavy (non-hydrogen) atoms. The zero-order chi connectivity index (χ0) is 25.6. The summed E-state index contributed by atoms with van der Waals surface area (Å²) in [5.74, 6) is -0.478. The molecule has 1 unspecified atom stereocenters. The third kappa shape index (κ3) is 8.13. The number of rotatable bonds is 10. The van der Waals surface area contributed by atoms with Gasteiger partial charge in [-0.15, -0.1) is 0 Å². The molecule has 0 radical (unpaired) electrons. The van der Waals surface area contributed by atoms with Crippen LogP contribution in [0.25, 0.3) is 0 Å². The normalized spacial score (nSPS) is 12.4. The number of nitrogens with zero attached hydrogens (tertiary/aromatic N) is 2. The van der Waals surface area contributed by atoms with E-state index in [-0.39, 0.29) is 18.4 Å². The molecule has 0 aliphatic carbocycles. The van der Waals surface area contributed by atoms with Gasteiger partial charge in [-0.1, -0.05) is 48.0 Å². The predicted molar refractivity (Wildman–Crippen MR) is 140 cm³/mol. The van der Waals surface area contributed by atoms with Gasteiger partial charge in [-0.2, -0.15) is 0 Å². The number of benzene rings is 2. The van der Waals surface area contributed by atoms with Crippen LogP contribution in [0.2, 0.25) is 0 Å². The van der Waals surface area contributed by atoms with E-state index < -0.39 is 28.5 Å². The first kappa shape index (κ1) is 27.9. The van der Waals surface area contributed by atoms with Gasteiger partial charge in [0.1, 0.15) is 12.6 Å². The minimum absolute atomic E-state index is 0.173. The Morgan fingerprint density at radius 3 is 2.06 bits per heavy atom. The molecule has 0 aliphatic heterocycles. The highest BCUT2D eigenvalue weighted by Crippen LogP contribution is 2.22. The van der Waals surface area contributed by atoms with E-state index in [1.807, 2.05) is 58.0 Å². The van der Waals surface area contributed by atoms with Gasteiger partial charge in [-0.05, 0) is 67.6 Å². The Morgan fingerprint density at radius 1 is 1.00 bits per heavy atom. The predicted octanol–water partition coefficient (Wildman–Crippen LogP) is 4.02. The second kappa shape index (κ2) is 11.8. The number of aryl methyl sites for hydroxylation is 2. The van der Waals surface area contributed by atoms with Crippen LogP contribution in [0, 0.1) is 19.8 Å². The van der Waals surface area contributed by atoms with E-state index >= 15 is 0 Å². The summed E-state index contributed by atoms with van der Waals surface area (Å²) in [6.45, 7) is 9.65. The molecule has 0 aromatic heterocycles. The molecule has 0 saturated heterocycles. The van der Waals surface area contributed by atoms with Crippen molar-refractivity contribution in [2.75, 3.05) is 23.7 Å². The third-order valence-corrected chi connectivity index (χ3v) is 6.96. The molecule has 0 saturated carbocycles. The van der Waals surface area contributed by atoms with Crippen molar-refractivity contribution in [2.24, 2.45) is 5.92 Å². The van der Waals surface area contributed by atoms with Gasteiger partial charge in [0, 0.05) is 17.6 Å². The van der Waals surface area contributed by atoms with E-state index in [0.29, 0.717) is 12.2 Å². The number of hydrogen-bond donors (Lipinski definition) is 1. The van der Waals surface area contributed by atoms with E-state index in [9.17, 15) is 18.0 Å². The van der Waals surface area contributed by atoms with Crippen LogP contribution in [0.1, 0.15) is 37.5 Å². The second-order valence-electron chi connectivity index (χ2n) is 9.08. The zero-order valence-corrected chi connectivity index (χ0v) is 23.0. The minimum atomic E-state index is -3.75. The average Bonchev–Trinajstić information content (AvgIpc) is 2.73. The lowest BCUT2D eigenvalue weighted by Crippen LogP contribution is -2.51. The maximum atomic E-state index is 13.5. The van der Waals surface area contributed by atoms with Gasteiger partial charge in [0.05, 0.1) is 11.9 Å². The van der Waals surface area contributed by atoms with Crippen molar-refractivity contribution in [1.29, 1.82) is 0 Å². The molecule has 9 heteroatoms. The lowest BCUT2D eigenvalue weighted by molar-refractivity contribution is -0.139. The molecule has 1 atom stereocenters. The average molecular weight is 553 g/mol. The van der Waals surface area contributed by atoms with Gasteiger partial charge >= 0.3 is 0 Å². The lowest BCUT2D eigenvalue weighted by atomic mass is 10.1. The molecule has 1 N–H and O–H groups in total. The van der Waals surface area contributed by atoms with Crippen molar-refractivity contribution >= 4 is 43.5 Å². The van der Waals surface area contributed by atoms with Crippen LogP contribution in [0.15, 0.2) is 46.9 Å². The highest BCUT2D eigenvalue weighted by atomic mass is 79.9. The number of hydrogen-bond acceptors (Lipinski definition) is 4. The van der Waals surface area contributed by atoms with Crippen molar-refractivity contribution in [1.82, 2.24) is 10.2 Å². The van der Waals surface area contributed by atoms with Gasteiger partial charge in [-0.25, -0.2) is 8.42 Å². The Morgan fingerprint density at radius 2 is 1.56 bits per heavy atom. The van der Waals surface area contributed by atoms with Gasteiger partial charge in [0.15, 0.2) is 0 Å². The van der Waals surface area contributed by atoms with Crippen molar-refractivity contribution in [3.63, 3.8) is 0 Å². The summed E-state index contributed by atoms with van der Waals surface area (Å²) in [6, 6.07) is 12.1. The second-order valence-corrected chi connectivity index (χ2v) is 11.9. The Bertz CT molecular complexity index is 1100. The largest absolute Gasteiger partial charge is 0.354 e. The topological polar surface area (TPSA) is 86.8 Å². The first-order valence-corrected chi connectivity index (χ1v) is 13.8. The van der Waals surface area contributed by atoms with Crippen LogP contribution in [0.3, 0.4) is 0 Å². The molecule has 0 fully saturated rings. The molecule has 2 amide bonds. The van der Waals surface area contributed by atoms with Gasteiger partial charge in [-0.3, -0.25) is 13.9 Å². The molecule has 2 aromatic carbocycles. The van der Waals surface area contributed by atoms with Crippen LogP contribution in [-0.2, 0) is 26.2 Å². The summed E-state index contributed by atoms with van der Waals surface area (Å²) in [5, 5.41) is 2.87. The number of halogens is 1. The van der Waals surface area contributed by atoms with Crippen LogP contribution >= 0.6 is 15.9 Å². The molecule has 2 aromatic rings. The zero-order valence-electron chi connectivity index (χ0n) is 20.6. The highest BCUT2D eigenvalue weighted by molar-refractivity contribution is 9.10. The fourth-order valence-electron chi connectivity index (χ4n) is 3.53. The Hall–Kier alpha value is -2.39. The van der Waals surface area contributed by atoms with Gasteiger partial charge in [0.2, 0.25) is 21.8 Å². The molecule has 0 bridgehead atoms. The van der Waals surface area contributed by atoms with Crippen molar-refractivity contribution in [3.05, 3.63) is 63.6 Å². The molecule has 0 spiro atoms. The number of carbonyl (C=O) groups is 2.